The van der Waals surface area contributed by atoms with Gasteiger partial charge in [-0.25, -0.2) is 4.39 Å². The second kappa shape index (κ2) is 10.8. The molecule has 2 saturated carbocycles. The quantitative estimate of drug-likeness (QED) is 0.366. The fourth-order valence-corrected chi connectivity index (χ4v) is 5.39. The molecule has 0 bridgehead atoms. The number of hydrogen-bond donors (Lipinski definition) is 0. The van der Waals surface area contributed by atoms with Crippen molar-refractivity contribution in [1.29, 1.82) is 0 Å². The maximum Gasteiger partial charge on any atom is 0.127 e. The molecule has 0 amide bonds. The topological polar surface area (TPSA) is 18.5 Å². The minimum atomic E-state index is -0.114. The van der Waals surface area contributed by atoms with E-state index in [0.717, 1.165) is 48.7 Å². The van der Waals surface area contributed by atoms with Crippen molar-refractivity contribution in [3.05, 3.63) is 77.6 Å². The van der Waals surface area contributed by atoms with E-state index in [4.69, 9.17) is 9.47 Å². The largest absolute Gasteiger partial charge is 0.490 e. The molecule has 2 aromatic rings. The van der Waals surface area contributed by atoms with Crippen LogP contribution in [0.2, 0.25) is 0 Å². The van der Waals surface area contributed by atoms with Crippen LogP contribution in [0, 0.1) is 29.5 Å². The summed E-state index contributed by atoms with van der Waals surface area (Å²) in [5.74, 6) is 8.67. The van der Waals surface area contributed by atoms with Crippen LogP contribution in [-0.2, 0) is 4.74 Å². The first-order chi connectivity index (χ1) is 15.7. The molecule has 0 aliphatic heterocycles. The van der Waals surface area contributed by atoms with Crippen LogP contribution >= 0.6 is 0 Å². The summed E-state index contributed by atoms with van der Waals surface area (Å²) in [5.41, 5.74) is 2.45. The number of halogens is 1. The number of benzene rings is 2. The molecule has 0 radical (unpaired) electrons. The van der Waals surface area contributed by atoms with E-state index in [9.17, 15) is 0 Å². The summed E-state index contributed by atoms with van der Waals surface area (Å²) in [7, 11) is 0. The van der Waals surface area contributed by atoms with E-state index in [1.54, 1.807) is 12.1 Å². The van der Waals surface area contributed by atoms with Crippen LogP contribution in [-0.4, -0.2) is 19.3 Å². The van der Waals surface area contributed by atoms with Crippen molar-refractivity contribution in [1.82, 2.24) is 0 Å². The fraction of sp³-hybridized carbons (Fsp3) is 0.448. The van der Waals surface area contributed by atoms with Gasteiger partial charge in [-0.05, 0) is 105 Å². The lowest BCUT2D eigenvalue weighted by molar-refractivity contribution is -0.00968. The van der Waals surface area contributed by atoms with Crippen LogP contribution in [0.25, 0.3) is 0 Å². The first-order valence-electron chi connectivity index (χ1n) is 11.9. The van der Waals surface area contributed by atoms with Gasteiger partial charge in [0.05, 0.1) is 6.10 Å². The maximum atomic E-state index is 15.0. The van der Waals surface area contributed by atoms with Crippen molar-refractivity contribution in [3.8, 4) is 17.6 Å². The minimum Gasteiger partial charge on any atom is -0.490 e. The van der Waals surface area contributed by atoms with Gasteiger partial charge in [-0.1, -0.05) is 30.6 Å². The number of ether oxygens (including phenoxy) is 2. The van der Waals surface area contributed by atoms with E-state index >= 15 is 4.39 Å². The molecule has 2 aromatic carbocycles. The van der Waals surface area contributed by atoms with Crippen molar-refractivity contribution >= 4 is 0 Å². The Balaban J connectivity index is 1.38. The van der Waals surface area contributed by atoms with E-state index < -0.39 is 0 Å². The van der Waals surface area contributed by atoms with Gasteiger partial charge < -0.3 is 9.47 Å². The lowest BCUT2D eigenvalue weighted by Gasteiger charge is -2.42. The highest BCUT2D eigenvalue weighted by atomic mass is 19.1. The summed E-state index contributed by atoms with van der Waals surface area (Å²) >= 11 is 0. The average Bonchev–Trinajstić information content (AvgIpc) is 2.82. The maximum absolute atomic E-state index is 15.0. The van der Waals surface area contributed by atoms with Gasteiger partial charge in [0.25, 0.3) is 0 Å². The molecule has 4 rings (SSSR count). The van der Waals surface area contributed by atoms with E-state index in [-0.39, 0.29) is 5.82 Å². The minimum absolute atomic E-state index is 0.114. The zero-order chi connectivity index (χ0) is 22.3. The van der Waals surface area contributed by atoms with E-state index in [1.807, 2.05) is 36.4 Å². The van der Waals surface area contributed by atoms with Crippen LogP contribution < -0.4 is 4.74 Å². The van der Waals surface area contributed by atoms with Gasteiger partial charge in [0.2, 0.25) is 0 Å². The summed E-state index contributed by atoms with van der Waals surface area (Å²) in [6, 6.07) is 13.1. The molecule has 0 N–H and O–H groups in total. The molecule has 0 spiro atoms. The zero-order valence-corrected chi connectivity index (χ0v) is 19.0. The monoisotopic (exact) mass is 432 g/mol. The van der Waals surface area contributed by atoms with Crippen molar-refractivity contribution in [3.63, 3.8) is 0 Å². The van der Waals surface area contributed by atoms with Gasteiger partial charge in [0.1, 0.15) is 18.2 Å². The van der Waals surface area contributed by atoms with Gasteiger partial charge in [0.15, 0.2) is 0 Å². The van der Waals surface area contributed by atoms with E-state index in [1.165, 1.54) is 19.3 Å². The third-order valence-corrected chi connectivity index (χ3v) is 6.98. The third-order valence-electron chi connectivity index (χ3n) is 6.98. The van der Waals surface area contributed by atoms with E-state index in [0.29, 0.717) is 30.1 Å². The molecule has 3 heteroatoms. The molecule has 0 heterocycles. The van der Waals surface area contributed by atoms with Crippen LogP contribution in [0.4, 0.5) is 4.39 Å². The van der Waals surface area contributed by atoms with Crippen molar-refractivity contribution in [2.75, 3.05) is 13.2 Å². The van der Waals surface area contributed by atoms with Gasteiger partial charge >= 0.3 is 0 Å². The van der Waals surface area contributed by atoms with Crippen molar-refractivity contribution in [2.24, 2.45) is 11.8 Å². The predicted octanol–water partition coefficient (Wildman–Crippen LogP) is 6.88. The fourth-order valence-electron chi connectivity index (χ4n) is 5.39. The van der Waals surface area contributed by atoms with Crippen LogP contribution in [0.1, 0.15) is 68.1 Å². The summed E-state index contributed by atoms with van der Waals surface area (Å²) in [5, 5.41) is 0. The van der Waals surface area contributed by atoms with Gasteiger partial charge in [-0.15, -0.1) is 0 Å². The molecule has 2 fully saturated rings. The third kappa shape index (κ3) is 5.61. The Morgan fingerprint density at radius 3 is 2.44 bits per heavy atom. The molecular weight excluding hydrogens is 399 g/mol. The summed E-state index contributed by atoms with van der Waals surface area (Å²) in [6.45, 7) is 7.01. The second-order valence-electron chi connectivity index (χ2n) is 9.03. The molecule has 2 nitrogen and oxygen atoms in total. The molecular formula is C29H33FO2. The Morgan fingerprint density at radius 1 is 0.969 bits per heavy atom. The molecule has 0 aromatic heterocycles. The Hall–Kier alpha value is -2.57. The highest BCUT2D eigenvalue weighted by molar-refractivity contribution is 5.45. The molecule has 0 saturated heterocycles. The predicted molar refractivity (Wildman–Crippen MR) is 127 cm³/mol. The highest BCUT2D eigenvalue weighted by Crippen LogP contribution is 2.47. The molecule has 168 valence electrons. The summed E-state index contributed by atoms with van der Waals surface area (Å²) < 4.78 is 26.4. The van der Waals surface area contributed by atoms with Crippen molar-refractivity contribution in [2.45, 2.75) is 57.5 Å². The molecule has 4 atom stereocenters. The normalized spacial score (nSPS) is 24.7. The Kier molecular flexibility index (Phi) is 7.66. The highest BCUT2D eigenvalue weighted by Gasteiger charge is 2.36. The number of fused-ring (bicyclic) bond motifs is 1. The molecule has 4 unspecified atom stereocenters. The Labute approximate surface area is 191 Å². The van der Waals surface area contributed by atoms with Crippen molar-refractivity contribution < 1.29 is 13.9 Å². The zero-order valence-electron chi connectivity index (χ0n) is 19.0. The van der Waals surface area contributed by atoms with Crippen LogP contribution in [0.3, 0.4) is 0 Å². The van der Waals surface area contributed by atoms with Gasteiger partial charge in [0, 0.05) is 17.7 Å². The van der Waals surface area contributed by atoms with Gasteiger partial charge in [-0.2, -0.15) is 0 Å². The standard InChI is InChI=1S/C29H33FO2/c1-3-17-32-26-13-7-21(8-14-26)5-6-22-9-16-28(29(30)18-22)25-11-10-24-20-27(31-4-2)15-12-23(24)19-25/h3,7-9,13-14,16,18,23-25,27H,1,4,10-12,15,17,19-20H2,2H3. The average molecular weight is 433 g/mol. The summed E-state index contributed by atoms with van der Waals surface area (Å²) in [4.78, 5) is 0. The van der Waals surface area contributed by atoms with Gasteiger partial charge in [-0.3, -0.25) is 0 Å². The smallest absolute Gasteiger partial charge is 0.127 e. The first-order valence-corrected chi connectivity index (χ1v) is 11.9. The van der Waals surface area contributed by atoms with Crippen LogP contribution in [0.15, 0.2) is 55.1 Å². The molecule has 32 heavy (non-hydrogen) atoms. The Morgan fingerprint density at radius 2 is 1.69 bits per heavy atom. The number of rotatable bonds is 6. The summed E-state index contributed by atoms with van der Waals surface area (Å²) in [6.07, 6.45) is 9.06. The van der Waals surface area contributed by atoms with E-state index in [2.05, 4.69) is 25.3 Å². The lowest BCUT2D eigenvalue weighted by atomic mass is 9.65. The second-order valence-corrected chi connectivity index (χ2v) is 9.03. The first kappa shape index (κ1) is 22.6. The molecule has 2 aliphatic carbocycles. The Bertz CT molecular complexity index is 969. The number of hydrogen-bond acceptors (Lipinski definition) is 2. The SMILES string of the molecule is C=CCOc1ccc(C#Cc2ccc(C3CCC4CC(OCC)CCC4C3)c(F)c2)cc1. The van der Waals surface area contributed by atoms with Crippen LogP contribution in [0.5, 0.6) is 5.75 Å². The molecule has 2 aliphatic rings. The lowest BCUT2D eigenvalue weighted by Crippen LogP contribution is -2.33.